The van der Waals surface area contributed by atoms with E-state index in [1.54, 1.807) is 0 Å². The van der Waals surface area contributed by atoms with Gasteiger partial charge in [-0.25, -0.2) is 0 Å². The van der Waals surface area contributed by atoms with Crippen LogP contribution in [0.5, 0.6) is 0 Å². The topological polar surface area (TPSA) is 36.3 Å². The zero-order valence-corrected chi connectivity index (χ0v) is 11.9. The average Bonchev–Trinajstić information content (AvgIpc) is 2.56. The summed E-state index contributed by atoms with van der Waals surface area (Å²) >= 11 is 0. The molecule has 1 saturated heterocycles. The third-order valence-corrected chi connectivity index (χ3v) is 3.81. The molecule has 21 heavy (non-hydrogen) atoms. The summed E-state index contributed by atoms with van der Waals surface area (Å²) in [6, 6.07) is 20.4. The molecule has 1 aliphatic heterocycles. The van der Waals surface area contributed by atoms with Gasteiger partial charge in [-0.3, -0.25) is 4.90 Å². The molecule has 0 spiro atoms. The fourth-order valence-corrected chi connectivity index (χ4v) is 2.66. The third-order valence-electron chi connectivity index (χ3n) is 3.81. The Kier molecular flexibility index (Phi) is 4.30. The largest absolute Gasteiger partial charge is 0.371 e. The maximum Gasteiger partial charge on any atom is 0.0991 e. The van der Waals surface area contributed by atoms with Crippen LogP contribution in [0.3, 0.4) is 0 Å². The van der Waals surface area contributed by atoms with Crippen molar-refractivity contribution in [2.24, 2.45) is 0 Å². The van der Waals surface area contributed by atoms with Crippen molar-refractivity contribution < 1.29 is 4.74 Å². The van der Waals surface area contributed by atoms with E-state index in [4.69, 9.17) is 10.00 Å². The molecule has 0 N–H and O–H groups in total. The second kappa shape index (κ2) is 6.53. The van der Waals surface area contributed by atoms with Crippen LogP contribution < -0.4 is 0 Å². The summed E-state index contributed by atoms with van der Waals surface area (Å²) < 4.78 is 5.88. The van der Waals surface area contributed by atoms with E-state index in [0.29, 0.717) is 5.56 Å². The summed E-state index contributed by atoms with van der Waals surface area (Å²) in [6.07, 6.45) is 0.0928. The van der Waals surface area contributed by atoms with E-state index < -0.39 is 0 Å². The van der Waals surface area contributed by atoms with Crippen molar-refractivity contribution in [2.75, 3.05) is 19.7 Å². The molecule has 0 amide bonds. The van der Waals surface area contributed by atoms with Crippen LogP contribution in [0.2, 0.25) is 0 Å². The predicted octanol–water partition coefficient (Wildman–Crippen LogP) is 3.13. The predicted molar refractivity (Wildman–Crippen MR) is 81.6 cm³/mol. The molecule has 1 heterocycles. The Hall–Kier alpha value is -2.15. The molecular weight excluding hydrogens is 260 g/mol. The standard InChI is InChI=1S/C18H18N2O/c19-12-15-6-8-17(9-7-15)18-14-20(10-11-21-18)13-16-4-2-1-3-5-16/h1-9,18H,10-11,13-14H2. The Morgan fingerprint density at radius 3 is 2.57 bits per heavy atom. The van der Waals surface area contributed by atoms with Crippen LogP contribution in [-0.2, 0) is 11.3 Å². The van der Waals surface area contributed by atoms with E-state index >= 15 is 0 Å². The minimum absolute atomic E-state index is 0.0928. The zero-order valence-electron chi connectivity index (χ0n) is 11.9. The van der Waals surface area contributed by atoms with Crippen LogP contribution in [-0.4, -0.2) is 24.6 Å². The average molecular weight is 278 g/mol. The minimum atomic E-state index is 0.0928. The Labute approximate surface area is 125 Å². The lowest BCUT2D eigenvalue weighted by molar-refractivity contribution is -0.0329. The molecule has 3 rings (SSSR count). The van der Waals surface area contributed by atoms with Crippen LogP contribution in [0.25, 0.3) is 0 Å². The van der Waals surface area contributed by atoms with E-state index in [9.17, 15) is 0 Å². The number of hydrogen-bond donors (Lipinski definition) is 0. The molecule has 0 aromatic heterocycles. The van der Waals surface area contributed by atoms with Crippen molar-refractivity contribution in [3.05, 3.63) is 71.3 Å². The molecule has 1 fully saturated rings. The van der Waals surface area contributed by atoms with Gasteiger partial charge in [0.1, 0.15) is 0 Å². The van der Waals surface area contributed by atoms with E-state index in [0.717, 1.165) is 31.8 Å². The Morgan fingerprint density at radius 1 is 1.10 bits per heavy atom. The molecule has 0 radical (unpaired) electrons. The van der Waals surface area contributed by atoms with Crippen LogP contribution in [0.1, 0.15) is 22.8 Å². The van der Waals surface area contributed by atoms with Crippen molar-refractivity contribution in [3.8, 4) is 6.07 Å². The second-order valence-corrected chi connectivity index (χ2v) is 5.31. The van der Waals surface area contributed by atoms with Crippen LogP contribution in [0.4, 0.5) is 0 Å². The first-order valence-electron chi connectivity index (χ1n) is 7.23. The highest BCUT2D eigenvalue weighted by molar-refractivity contribution is 5.32. The lowest BCUT2D eigenvalue weighted by atomic mass is 10.1. The molecule has 1 unspecified atom stereocenters. The SMILES string of the molecule is N#Cc1ccc(C2CN(Cc3ccccc3)CCO2)cc1. The summed E-state index contributed by atoms with van der Waals surface area (Å²) in [5.41, 5.74) is 3.17. The fraction of sp³-hybridized carbons (Fsp3) is 0.278. The van der Waals surface area contributed by atoms with Gasteiger partial charge in [0.25, 0.3) is 0 Å². The van der Waals surface area contributed by atoms with Crippen molar-refractivity contribution in [1.82, 2.24) is 4.90 Å². The summed E-state index contributed by atoms with van der Waals surface area (Å²) in [4.78, 5) is 2.42. The van der Waals surface area contributed by atoms with E-state index in [2.05, 4.69) is 35.2 Å². The smallest absolute Gasteiger partial charge is 0.0991 e. The monoisotopic (exact) mass is 278 g/mol. The highest BCUT2D eigenvalue weighted by Gasteiger charge is 2.21. The fourth-order valence-electron chi connectivity index (χ4n) is 2.66. The maximum atomic E-state index is 8.86. The number of rotatable bonds is 3. The lowest BCUT2D eigenvalue weighted by Crippen LogP contribution is -2.37. The molecule has 3 nitrogen and oxygen atoms in total. The van der Waals surface area contributed by atoms with Crippen molar-refractivity contribution in [2.45, 2.75) is 12.6 Å². The van der Waals surface area contributed by atoms with Gasteiger partial charge in [-0.1, -0.05) is 42.5 Å². The van der Waals surface area contributed by atoms with Crippen LogP contribution in [0, 0.1) is 11.3 Å². The molecule has 1 aliphatic rings. The normalized spacial score (nSPS) is 19.1. The number of nitrogens with zero attached hydrogens (tertiary/aromatic N) is 2. The summed E-state index contributed by atoms with van der Waals surface area (Å²) in [6.45, 7) is 3.55. The van der Waals surface area contributed by atoms with E-state index in [-0.39, 0.29) is 6.10 Å². The number of hydrogen-bond acceptors (Lipinski definition) is 3. The van der Waals surface area contributed by atoms with E-state index in [1.807, 2.05) is 30.3 Å². The highest BCUT2D eigenvalue weighted by Crippen LogP contribution is 2.23. The molecule has 3 heteroatoms. The molecule has 0 saturated carbocycles. The van der Waals surface area contributed by atoms with Gasteiger partial charge >= 0.3 is 0 Å². The Bertz CT molecular complexity index is 616. The molecule has 2 aromatic rings. The first kappa shape index (κ1) is 13.8. The van der Waals surface area contributed by atoms with Gasteiger partial charge in [-0.2, -0.15) is 5.26 Å². The first-order valence-corrected chi connectivity index (χ1v) is 7.23. The minimum Gasteiger partial charge on any atom is -0.371 e. The molecule has 2 aromatic carbocycles. The summed E-state index contributed by atoms with van der Waals surface area (Å²) in [5, 5.41) is 8.86. The molecule has 1 atom stereocenters. The van der Waals surface area contributed by atoms with Gasteiger partial charge in [-0.15, -0.1) is 0 Å². The summed E-state index contributed by atoms with van der Waals surface area (Å²) in [7, 11) is 0. The molecular formula is C18H18N2O. The van der Waals surface area contributed by atoms with Crippen molar-refractivity contribution in [3.63, 3.8) is 0 Å². The van der Waals surface area contributed by atoms with Crippen LogP contribution >= 0.6 is 0 Å². The Morgan fingerprint density at radius 2 is 1.86 bits per heavy atom. The second-order valence-electron chi connectivity index (χ2n) is 5.31. The van der Waals surface area contributed by atoms with Gasteiger partial charge in [0.2, 0.25) is 0 Å². The van der Waals surface area contributed by atoms with E-state index in [1.165, 1.54) is 5.56 Å². The first-order chi connectivity index (χ1) is 10.3. The summed E-state index contributed by atoms with van der Waals surface area (Å²) in [5.74, 6) is 0. The third kappa shape index (κ3) is 3.49. The zero-order chi connectivity index (χ0) is 14.5. The molecule has 106 valence electrons. The highest BCUT2D eigenvalue weighted by atomic mass is 16.5. The Balaban J connectivity index is 1.66. The van der Waals surface area contributed by atoms with Crippen molar-refractivity contribution >= 4 is 0 Å². The van der Waals surface area contributed by atoms with Gasteiger partial charge in [0.15, 0.2) is 0 Å². The number of nitriles is 1. The molecule has 0 aliphatic carbocycles. The van der Waals surface area contributed by atoms with Gasteiger partial charge in [-0.05, 0) is 23.3 Å². The maximum absolute atomic E-state index is 8.86. The quantitative estimate of drug-likeness (QED) is 0.865. The number of ether oxygens (including phenoxy) is 1. The lowest BCUT2D eigenvalue weighted by Gasteiger charge is -2.33. The van der Waals surface area contributed by atoms with Crippen LogP contribution in [0.15, 0.2) is 54.6 Å². The van der Waals surface area contributed by atoms with Crippen molar-refractivity contribution in [1.29, 1.82) is 5.26 Å². The van der Waals surface area contributed by atoms with Gasteiger partial charge < -0.3 is 4.74 Å². The molecule has 0 bridgehead atoms. The number of morpholine rings is 1. The van der Waals surface area contributed by atoms with Gasteiger partial charge in [0, 0.05) is 19.6 Å². The van der Waals surface area contributed by atoms with Gasteiger partial charge in [0.05, 0.1) is 24.3 Å². The number of benzene rings is 2.